The zero-order valence-electron chi connectivity index (χ0n) is 11.0. The molecule has 0 spiro atoms. The summed E-state index contributed by atoms with van der Waals surface area (Å²) < 4.78 is 10.8. The zero-order valence-corrected chi connectivity index (χ0v) is 11.0. The minimum absolute atomic E-state index is 0.0834. The molecule has 3 nitrogen and oxygen atoms in total. The Labute approximate surface area is 104 Å². The van der Waals surface area contributed by atoms with Gasteiger partial charge in [0.2, 0.25) is 0 Å². The van der Waals surface area contributed by atoms with Crippen molar-refractivity contribution in [2.24, 2.45) is 5.73 Å². The number of benzene rings is 1. The molecular formula is C14H23NO2. The van der Waals surface area contributed by atoms with Gasteiger partial charge in [-0.3, -0.25) is 0 Å². The van der Waals surface area contributed by atoms with Crippen molar-refractivity contribution in [3.05, 3.63) is 23.8 Å². The summed E-state index contributed by atoms with van der Waals surface area (Å²) in [6.07, 6.45) is 3.33. The van der Waals surface area contributed by atoms with Gasteiger partial charge in [0.05, 0.1) is 13.7 Å². The van der Waals surface area contributed by atoms with Gasteiger partial charge in [0, 0.05) is 6.04 Å². The van der Waals surface area contributed by atoms with E-state index in [0.717, 1.165) is 29.9 Å². The monoisotopic (exact) mass is 237 g/mol. The molecule has 1 rings (SSSR count). The second kappa shape index (κ2) is 7.17. The second-order valence-electron chi connectivity index (χ2n) is 4.09. The van der Waals surface area contributed by atoms with E-state index < -0.39 is 0 Å². The van der Waals surface area contributed by atoms with Gasteiger partial charge in [-0.25, -0.2) is 0 Å². The summed E-state index contributed by atoms with van der Waals surface area (Å²) in [6.45, 7) is 4.76. The lowest BCUT2D eigenvalue weighted by Gasteiger charge is -2.15. The highest BCUT2D eigenvalue weighted by Gasteiger charge is 2.10. The van der Waals surface area contributed by atoms with E-state index in [9.17, 15) is 0 Å². The third-order valence-corrected chi connectivity index (χ3v) is 2.78. The maximum Gasteiger partial charge on any atom is 0.161 e. The van der Waals surface area contributed by atoms with Crippen LogP contribution < -0.4 is 15.2 Å². The minimum atomic E-state index is 0.0834. The van der Waals surface area contributed by atoms with Crippen molar-refractivity contribution < 1.29 is 9.47 Å². The van der Waals surface area contributed by atoms with Crippen molar-refractivity contribution >= 4 is 0 Å². The van der Waals surface area contributed by atoms with Crippen LogP contribution >= 0.6 is 0 Å². The Bertz CT molecular complexity index is 339. The number of unbranched alkanes of at least 4 members (excludes halogenated alkanes) is 1. The van der Waals surface area contributed by atoms with Crippen molar-refractivity contribution in [1.29, 1.82) is 0 Å². The maximum atomic E-state index is 6.14. The lowest BCUT2D eigenvalue weighted by Crippen LogP contribution is -2.10. The summed E-state index contributed by atoms with van der Waals surface area (Å²) in [5, 5.41) is 0. The topological polar surface area (TPSA) is 44.5 Å². The average Bonchev–Trinajstić information content (AvgIpc) is 2.36. The van der Waals surface area contributed by atoms with E-state index in [4.69, 9.17) is 15.2 Å². The lowest BCUT2D eigenvalue weighted by molar-refractivity contribution is 0.310. The molecule has 3 heteroatoms. The van der Waals surface area contributed by atoms with Crippen LogP contribution in [0.1, 0.15) is 44.7 Å². The lowest BCUT2D eigenvalue weighted by atomic mass is 10.0. The Hall–Kier alpha value is -1.22. The summed E-state index contributed by atoms with van der Waals surface area (Å²) in [6, 6.07) is 6.01. The standard InChI is InChI=1S/C14H23NO2/c1-4-6-7-12(15)11-8-9-13(16-3)14(10-11)17-5-2/h8-10,12H,4-7,15H2,1-3H3/t12-/m1/s1. The minimum Gasteiger partial charge on any atom is -0.493 e. The van der Waals surface area contributed by atoms with Gasteiger partial charge in [-0.15, -0.1) is 0 Å². The number of hydrogen-bond acceptors (Lipinski definition) is 3. The largest absolute Gasteiger partial charge is 0.493 e. The van der Waals surface area contributed by atoms with Gasteiger partial charge in [-0.2, -0.15) is 0 Å². The first-order chi connectivity index (χ1) is 8.22. The van der Waals surface area contributed by atoms with E-state index in [2.05, 4.69) is 6.92 Å². The predicted molar refractivity (Wildman–Crippen MR) is 70.6 cm³/mol. The molecule has 0 heterocycles. The van der Waals surface area contributed by atoms with Crippen LogP contribution in [0, 0.1) is 0 Å². The van der Waals surface area contributed by atoms with Gasteiger partial charge in [0.1, 0.15) is 0 Å². The first-order valence-corrected chi connectivity index (χ1v) is 6.29. The van der Waals surface area contributed by atoms with Gasteiger partial charge in [0.15, 0.2) is 11.5 Å². The Morgan fingerprint density at radius 3 is 2.59 bits per heavy atom. The SMILES string of the molecule is CCCC[C@@H](N)c1ccc(OC)c(OCC)c1. The van der Waals surface area contributed by atoms with Crippen LogP contribution in [0.15, 0.2) is 18.2 Å². The highest BCUT2D eigenvalue weighted by atomic mass is 16.5. The molecule has 0 saturated heterocycles. The quantitative estimate of drug-likeness (QED) is 0.791. The molecule has 0 saturated carbocycles. The Morgan fingerprint density at radius 1 is 1.24 bits per heavy atom. The number of ether oxygens (including phenoxy) is 2. The predicted octanol–water partition coefficient (Wildman–Crippen LogP) is 3.28. The van der Waals surface area contributed by atoms with Crippen molar-refractivity contribution in [3.8, 4) is 11.5 Å². The molecule has 0 aliphatic carbocycles. The van der Waals surface area contributed by atoms with Crippen molar-refractivity contribution in [1.82, 2.24) is 0 Å². The van der Waals surface area contributed by atoms with Gasteiger partial charge >= 0.3 is 0 Å². The summed E-state index contributed by atoms with van der Waals surface area (Å²) in [7, 11) is 1.65. The molecule has 0 aliphatic heterocycles. The van der Waals surface area contributed by atoms with Gasteiger partial charge in [-0.1, -0.05) is 25.8 Å². The first kappa shape index (κ1) is 13.8. The van der Waals surface area contributed by atoms with Crippen molar-refractivity contribution in [2.45, 2.75) is 39.2 Å². The summed E-state index contributed by atoms with van der Waals surface area (Å²) in [5.41, 5.74) is 7.25. The Morgan fingerprint density at radius 2 is 2.00 bits per heavy atom. The number of methoxy groups -OCH3 is 1. The summed E-state index contributed by atoms with van der Waals surface area (Å²) >= 11 is 0. The van der Waals surface area contributed by atoms with E-state index in [1.165, 1.54) is 6.42 Å². The second-order valence-corrected chi connectivity index (χ2v) is 4.09. The van der Waals surface area contributed by atoms with Crippen LogP contribution in [0.2, 0.25) is 0 Å². The van der Waals surface area contributed by atoms with E-state index in [-0.39, 0.29) is 6.04 Å². The summed E-state index contributed by atoms with van der Waals surface area (Å²) in [5.74, 6) is 1.54. The molecule has 96 valence electrons. The molecule has 2 N–H and O–H groups in total. The van der Waals surface area contributed by atoms with Crippen LogP contribution in [0.25, 0.3) is 0 Å². The summed E-state index contributed by atoms with van der Waals surface area (Å²) in [4.78, 5) is 0. The van der Waals surface area contributed by atoms with Gasteiger partial charge < -0.3 is 15.2 Å². The number of rotatable bonds is 7. The Balaban J connectivity index is 2.83. The van der Waals surface area contributed by atoms with E-state index in [1.807, 2.05) is 25.1 Å². The Kier molecular flexibility index (Phi) is 5.84. The van der Waals surface area contributed by atoms with Crippen molar-refractivity contribution in [2.75, 3.05) is 13.7 Å². The fourth-order valence-electron chi connectivity index (χ4n) is 1.78. The average molecular weight is 237 g/mol. The molecule has 0 radical (unpaired) electrons. The normalized spacial score (nSPS) is 12.2. The van der Waals surface area contributed by atoms with E-state index in [0.29, 0.717) is 6.61 Å². The molecule has 0 bridgehead atoms. The van der Waals surface area contributed by atoms with Crippen LogP contribution in [-0.4, -0.2) is 13.7 Å². The highest BCUT2D eigenvalue weighted by molar-refractivity contribution is 5.43. The van der Waals surface area contributed by atoms with Crippen LogP contribution in [0.5, 0.6) is 11.5 Å². The molecular weight excluding hydrogens is 214 g/mol. The third-order valence-electron chi connectivity index (χ3n) is 2.78. The zero-order chi connectivity index (χ0) is 12.7. The molecule has 1 aromatic carbocycles. The van der Waals surface area contributed by atoms with Crippen LogP contribution in [0.3, 0.4) is 0 Å². The first-order valence-electron chi connectivity index (χ1n) is 6.29. The molecule has 0 aliphatic rings. The molecule has 0 fully saturated rings. The third kappa shape index (κ3) is 3.93. The number of nitrogens with two attached hydrogens (primary N) is 1. The molecule has 0 aromatic heterocycles. The highest BCUT2D eigenvalue weighted by Crippen LogP contribution is 2.30. The van der Waals surface area contributed by atoms with Gasteiger partial charge in [0.25, 0.3) is 0 Å². The smallest absolute Gasteiger partial charge is 0.161 e. The van der Waals surface area contributed by atoms with E-state index in [1.54, 1.807) is 7.11 Å². The fourth-order valence-corrected chi connectivity index (χ4v) is 1.78. The molecule has 0 unspecified atom stereocenters. The molecule has 1 aromatic rings. The molecule has 17 heavy (non-hydrogen) atoms. The fraction of sp³-hybridized carbons (Fsp3) is 0.571. The van der Waals surface area contributed by atoms with Crippen molar-refractivity contribution in [3.63, 3.8) is 0 Å². The maximum absolute atomic E-state index is 6.14. The van der Waals surface area contributed by atoms with E-state index >= 15 is 0 Å². The number of hydrogen-bond donors (Lipinski definition) is 1. The van der Waals surface area contributed by atoms with Crippen LogP contribution in [-0.2, 0) is 0 Å². The molecule has 0 amide bonds. The van der Waals surface area contributed by atoms with Crippen LogP contribution in [0.4, 0.5) is 0 Å². The molecule has 1 atom stereocenters. The van der Waals surface area contributed by atoms with Gasteiger partial charge in [-0.05, 0) is 31.0 Å².